The molecule has 20 heavy (non-hydrogen) atoms. The first-order valence-corrected chi connectivity index (χ1v) is 6.44. The third kappa shape index (κ3) is 2.69. The summed E-state index contributed by atoms with van der Waals surface area (Å²) in [6.07, 6.45) is 0. The third-order valence-corrected chi connectivity index (χ3v) is 3.27. The lowest BCUT2D eigenvalue weighted by Gasteiger charge is -2.20. The highest BCUT2D eigenvalue weighted by molar-refractivity contribution is 5.87. The van der Waals surface area contributed by atoms with Crippen LogP contribution in [-0.4, -0.2) is 23.2 Å². The number of carboxylic acids is 1. The third-order valence-electron chi connectivity index (χ3n) is 3.27. The van der Waals surface area contributed by atoms with Crippen LogP contribution in [-0.2, 0) is 5.41 Å². The lowest BCUT2D eigenvalue weighted by atomic mass is 9.85. The quantitative estimate of drug-likeness (QED) is 0.896. The van der Waals surface area contributed by atoms with Gasteiger partial charge in [0.1, 0.15) is 11.4 Å². The fraction of sp³-hybridized carbons (Fsp3) is 0.312. The smallest absolute Gasteiger partial charge is 0.352 e. The molecule has 2 rings (SSSR count). The highest BCUT2D eigenvalue weighted by Gasteiger charge is 2.17. The second-order valence-electron chi connectivity index (χ2n) is 5.76. The molecule has 0 spiro atoms. The minimum absolute atomic E-state index is 0.0171. The number of hydrogen-bond acceptors (Lipinski definition) is 2. The predicted octanol–water partition coefficient (Wildman–Crippen LogP) is 3.69. The Labute approximate surface area is 118 Å². The van der Waals surface area contributed by atoms with Crippen molar-refractivity contribution in [2.75, 3.05) is 7.11 Å². The number of aromatic amines is 1. The number of benzene rings is 1. The molecule has 2 aromatic rings. The number of rotatable bonds is 3. The molecular formula is C16H19NO3. The number of ether oxygens (including phenoxy) is 1. The van der Waals surface area contributed by atoms with E-state index in [2.05, 4.69) is 25.8 Å². The molecule has 1 heterocycles. The summed E-state index contributed by atoms with van der Waals surface area (Å²) in [5.74, 6) is -0.251. The number of methoxy groups -OCH3 is 1. The van der Waals surface area contributed by atoms with E-state index in [0.29, 0.717) is 0 Å². The Bertz CT molecular complexity index is 635. The van der Waals surface area contributed by atoms with Crippen molar-refractivity contribution in [1.82, 2.24) is 4.98 Å². The van der Waals surface area contributed by atoms with Gasteiger partial charge >= 0.3 is 5.97 Å². The van der Waals surface area contributed by atoms with Gasteiger partial charge in [-0.3, -0.25) is 0 Å². The average Bonchev–Trinajstić information content (AvgIpc) is 2.86. The predicted molar refractivity (Wildman–Crippen MR) is 78.4 cm³/mol. The van der Waals surface area contributed by atoms with Gasteiger partial charge in [0.25, 0.3) is 0 Å². The van der Waals surface area contributed by atoms with Gasteiger partial charge in [0.15, 0.2) is 0 Å². The monoisotopic (exact) mass is 273 g/mol. The fourth-order valence-electron chi connectivity index (χ4n) is 2.06. The number of nitrogens with one attached hydrogen (secondary N) is 1. The number of H-pyrrole nitrogens is 1. The standard InChI is InChI=1S/C16H19NO3/c1-16(2,3)10-5-8-14(20-4)11(9-10)12-6-7-13(17-12)15(18)19/h5-9,17H,1-4H3,(H,18,19). The lowest BCUT2D eigenvalue weighted by Crippen LogP contribution is -2.11. The van der Waals surface area contributed by atoms with Crippen LogP contribution in [0.1, 0.15) is 36.8 Å². The molecule has 1 aromatic carbocycles. The van der Waals surface area contributed by atoms with Crippen molar-refractivity contribution in [1.29, 1.82) is 0 Å². The van der Waals surface area contributed by atoms with Crippen molar-refractivity contribution in [2.24, 2.45) is 0 Å². The van der Waals surface area contributed by atoms with Gasteiger partial charge in [0.2, 0.25) is 0 Å². The van der Waals surface area contributed by atoms with E-state index in [4.69, 9.17) is 9.84 Å². The minimum Gasteiger partial charge on any atom is -0.496 e. The second-order valence-corrected chi connectivity index (χ2v) is 5.76. The summed E-state index contributed by atoms with van der Waals surface area (Å²) >= 11 is 0. The zero-order chi connectivity index (χ0) is 14.9. The maximum atomic E-state index is 11.0. The molecule has 0 bridgehead atoms. The van der Waals surface area contributed by atoms with Gasteiger partial charge < -0.3 is 14.8 Å². The summed E-state index contributed by atoms with van der Waals surface area (Å²) < 4.78 is 5.37. The van der Waals surface area contributed by atoms with Crippen LogP contribution in [0, 0.1) is 0 Å². The number of carboxylic acid groups (broad SMARTS) is 1. The molecule has 106 valence electrons. The van der Waals surface area contributed by atoms with Crippen LogP contribution in [0.15, 0.2) is 30.3 Å². The van der Waals surface area contributed by atoms with Gasteiger partial charge in [-0.2, -0.15) is 0 Å². The largest absolute Gasteiger partial charge is 0.496 e. The topological polar surface area (TPSA) is 62.3 Å². The minimum atomic E-state index is -0.970. The number of aromatic nitrogens is 1. The molecule has 0 aliphatic heterocycles. The van der Waals surface area contributed by atoms with Crippen LogP contribution < -0.4 is 4.74 Å². The molecule has 0 atom stereocenters. The molecule has 0 fully saturated rings. The van der Waals surface area contributed by atoms with E-state index in [0.717, 1.165) is 17.0 Å². The van der Waals surface area contributed by atoms with Crippen molar-refractivity contribution in [3.63, 3.8) is 0 Å². The van der Waals surface area contributed by atoms with Crippen molar-refractivity contribution >= 4 is 5.97 Å². The summed E-state index contributed by atoms with van der Waals surface area (Å²) in [6.45, 7) is 6.40. The first-order chi connectivity index (χ1) is 9.32. The van der Waals surface area contributed by atoms with E-state index in [1.807, 2.05) is 18.2 Å². The van der Waals surface area contributed by atoms with Crippen LogP contribution in [0.5, 0.6) is 5.75 Å². The zero-order valence-corrected chi connectivity index (χ0v) is 12.2. The number of hydrogen-bond donors (Lipinski definition) is 2. The van der Waals surface area contributed by atoms with Crippen LogP contribution in [0.3, 0.4) is 0 Å². The van der Waals surface area contributed by atoms with E-state index in [1.54, 1.807) is 19.2 Å². The second kappa shape index (κ2) is 5.04. The molecule has 0 aliphatic carbocycles. The molecule has 4 nitrogen and oxygen atoms in total. The van der Waals surface area contributed by atoms with Crippen LogP contribution in [0.4, 0.5) is 0 Å². The molecular weight excluding hydrogens is 254 g/mol. The molecule has 0 unspecified atom stereocenters. The lowest BCUT2D eigenvalue weighted by molar-refractivity contribution is 0.0691. The average molecular weight is 273 g/mol. The first-order valence-electron chi connectivity index (χ1n) is 6.44. The van der Waals surface area contributed by atoms with Crippen molar-refractivity contribution in [3.05, 3.63) is 41.6 Å². The maximum Gasteiger partial charge on any atom is 0.352 e. The number of carbonyl (C=O) groups is 1. The molecule has 4 heteroatoms. The van der Waals surface area contributed by atoms with E-state index in [-0.39, 0.29) is 11.1 Å². The SMILES string of the molecule is COc1ccc(C(C)(C)C)cc1-c1ccc(C(=O)O)[nH]1. The Balaban J connectivity index is 2.55. The first kappa shape index (κ1) is 14.2. The summed E-state index contributed by atoms with van der Waals surface area (Å²) in [6, 6.07) is 9.30. The van der Waals surface area contributed by atoms with E-state index < -0.39 is 5.97 Å². The Morgan fingerprint density at radius 3 is 2.40 bits per heavy atom. The summed E-state index contributed by atoms with van der Waals surface area (Å²) in [5.41, 5.74) is 2.96. The molecule has 0 radical (unpaired) electrons. The zero-order valence-electron chi connectivity index (χ0n) is 12.2. The van der Waals surface area contributed by atoms with Gasteiger partial charge in [-0.15, -0.1) is 0 Å². The number of aromatic carboxylic acids is 1. The van der Waals surface area contributed by atoms with Crippen molar-refractivity contribution < 1.29 is 14.6 Å². The van der Waals surface area contributed by atoms with Gasteiger partial charge in [0, 0.05) is 11.3 Å². The Morgan fingerprint density at radius 1 is 1.20 bits per heavy atom. The van der Waals surface area contributed by atoms with Crippen molar-refractivity contribution in [2.45, 2.75) is 26.2 Å². The molecule has 0 aliphatic rings. The van der Waals surface area contributed by atoms with Gasteiger partial charge in [-0.25, -0.2) is 4.79 Å². The maximum absolute atomic E-state index is 11.0. The normalized spacial score (nSPS) is 11.4. The van der Waals surface area contributed by atoms with Crippen molar-refractivity contribution in [3.8, 4) is 17.0 Å². The van der Waals surface area contributed by atoms with E-state index in [1.165, 1.54) is 5.56 Å². The van der Waals surface area contributed by atoms with E-state index >= 15 is 0 Å². The summed E-state index contributed by atoms with van der Waals surface area (Å²) in [5, 5.41) is 8.99. The van der Waals surface area contributed by atoms with Gasteiger partial charge in [-0.1, -0.05) is 26.8 Å². The Morgan fingerprint density at radius 2 is 1.90 bits per heavy atom. The highest BCUT2D eigenvalue weighted by Crippen LogP contribution is 2.34. The van der Waals surface area contributed by atoms with Gasteiger partial charge in [0.05, 0.1) is 7.11 Å². The Kier molecular flexibility index (Phi) is 3.57. The van der Waals surface area contributed by atoms with Gasteiger partial charge in [-0.05, 0) is 35.2 Å². The van der Waals surface area contributed by atoms with E-state index in [9.17, 15) is 4.79 Å². The van der Waals surface area contributed by atoms with Crippen LogP contribution in [0.25, 0.3) is 11.3 Å². The molecule has 1 aromatic heterocycles. The summed E-state index contributed by atoms with van der Waals surface area (Å²) in [4.78, 5) is 13.9. The molecule has 0 saturated heterocycles. The molecule has 0 saturated carbocycles. The highest BCUT2D eigenvalue weighted by atomic mass is 16.5. The molecule has 2 N–H and O–H groups in total. The fourth-order valence-corrected chi connectivity index (χ4v) is 2.06. The van der Waals surface area contributed by atoms with Crippen LogP contribution >= 0.6 is 0 Å². The Hall–Kier alpha value is -2.23. The van der Waals surface area contributed by atoms with Crippen LogP contribution in [0.2, 0.25) is 0 Å². The summed E-state index contributed by atoms with van der Waals surface area (Å²) in [7, 11) is 1.61. The molecule has 0 amide bonds.